The van der Waals surface area contributed by atoms with Crippen LogP contribution in [-0.4, -0.2) is 28.4 Å². The Hall–Kier alpha value is -2.76. The van der Waals surface area contributed by atoms with Crippen molar-refractivity contribution in [3.8, 4) is 0 Å². The summed E-state index contributed by atoms with van der Waals surface area (Å²) in [6.45, 7) is 0.309. The topological polar surface area (TPSA) is 53.5 Å². The number of anilines is 1. The van der Waals surface area contributed by atoms with Gasteiger partial charge in [0.15, 0.2) is 0 Å². The summed E-state index contributed by atoms with van der Waals surface area (Å²) in [6.07, 6.45) is 7.41. The van der Waals surface area contributed by atoms with Gasteiger partial charge in [0.1, 0.15) is 12.4 Å². The van der Waals surface area contributed by atoms with Crippen LogP contribution in [-0.2, 0) is 24.2 Å². The largest absolute Gasteiger partial charge is 0.332 e. The number of amides is 3. The molecule has 0 N–H and O–H groups in total. The number of imide groups is 1. The zero-order valence-corrected chi connectivity index (χ0v) is 13.7. The number of nitrogens with zero attached hydrogens (tertiary/aromatic N) is 3. The van der Waals surface area contributed by atoms with E-state index in [1.54, 1.807) is 18.3 Å². The maximum atomic E-state index is 13.0. The van der Waals surface area contributed by atoms with Crippen molar-refractivity contribution in [2.24, 2.45) is 0 Å². The number of aryl methyl sites for hydroxylation is 1. The molecule has 1 aliphatic carbocycles. The van der Waals surface area contributed by atoms with E-state index >= 15 is 0 Å². The van der Waals surface area contributed by atoms with Crippen LogP contribution in [0.5, 0.6) is 0 Å². The molecule has 0 atom stereocenters. The lowest BCUT2D eigenvalue weighted by atomic mass is 9.92. The summed E-state index contributed by atoms with van der Waals surface area (Å²) in [6, 6.07) is 5.62. The molecule has 1 aromatic heterocycles. The van der Waals surface area contributed by atoms with Crippen molar-refractivity contribution in [1.82, 2.24) is 9.88 Å². The van der Waals surface area contributed by atoms with E-state index in [1.807, 2.05) is 6.20 Å². The number of carbonyl (C=O) groups is 2. The minimum atomic E-state index is -0.338. The van der Waals surface area contributed by atoms with E-state index in [0.717, 1.165) is 42.4 Å². The first-order valence-corrected chi connectivity index (χ1v) is 8.45. The Morgan fingerprint density at radius 2 is 1.80 bits per heavy atom. The molecule has 6 heteroatoms. The highest BCUT2D eigenvalue weighted by Crippen LogP contribution is 2.32. The molecule has 5 nitrogen and oxygen atoms in total. The molecule has 1 saturated heterocycles. The average Bonchev–Trinajstić information content (AvgIpc) is 2.90. The van der Waals surface area contributed by atoms with E-state index in [2.05, 4.69) is 4.98 Å². The summed E-state index contributed by atoms with van der Waals surface area (Å²) >= 11 is 0. The van der Waals surface area contributed by atoms with E-state index in [1.165, 1.54) is 21.9 Å². The van der Waals surface area contributed by atoms with Crippen molar-refractivity contribution in [3.05, 3.63) is 59.2 Å². The molecule has 2 aromatic rings. The molecule has 4 rings (SSSR count). The van der Waals surface area contributed by atoms with Gasteiger partial charge in [-0.1, -0.05) is 12.1 Å². The van der Waals surface area contributed by atoms with Crippen LogP contribution in [0.15, 0.2) is 36.7 Å². The van der Waals surface area contributed by atoms with Gasteiger partial charge < -0.3 is 4.90 Å². The highest BCUT2D eigenvalue weighted by molar-refractivity contribution is 6.20. The van der Waals surface area contributed by atoms with Crippen molar-refractivity contribution >= 4 is 17.6 Å². The fourth-order valence-corrected chi connectivity index (χ4v) is 3.55. The molecule has 0 unspecified atom stereocenters. The Labute approximate surface area is 145 Å². The number of pyridine rings is 1. The van der Waals surface area contributed by atoms with Gasteiger partial charge >= 0.3 is 6.03 Å². The molecule has 0 saturated carbocycles. The van der Waals surface area contributed by atoms with Crippen LogP contribution in [0.4, 0.5) is 14.9 Å². The minimum absolute atomic E-state index is 0.0277. The summed E-state index contributed by atoms with van der Waals surface area (Å²) in [5.74, 6) is -0.566. The Kier molecular flexibility index (Phi) is 3.95. The van der Waals surface area contributed by atoms with E-state index in [0.29, 0.717) is 5.69 Å². The van der Waals surface area contributed by atoms with Crippen LogP contribution in [0.2, 0.25) is 0 Å². The quantitative estimate of drug-likeness (QED) is 0.808. The van der Waals surface area contributed by atoms with Gasteiger partial charge in [0.05, 0.1) is 11.9 Å². The molecule has 1 aromatic carbocycles. The summed E-state index contributed by atoms with van der Waals surface area (Å²) in [5.41, 5.74) is 3.60. The molecule has 2 aliphatic rings. The normalized spacial score (nSPS) is 17.2. The number of carbonyl (C=O) groups excluding carboxylic acids is 2. The molecule has 1 fully saturated rings. The number of halogens is 1. The van der Waals surface area contributed by atoms with Crippen molar-refractivity contribution in [1.29, 1.82) is 0 Å². The molecule has 2 heterocycles. The van der Waals surface area contributed by atoms with E-state index in [9.17, 15) is 14.0 Å². The van der Waals surface area contributed by atoms with E-state index < -0.39 is 0 Å². The smallest absolute Gasteiger partial charge is 0.310 e. The molecule has 0 radical (unpaired) electrons. The van der Waals surface area contributed by atoms with Crippen LogP contribution in [0, 0.1) is 5.82 Å². The Morgan fingerprint density at radius 3 is 2.60 bits per heavy atom. The van der Waals surface area contributed by atoms with Crippen LogP contribution < -0.4 is 4.90 Å². The maximum Gasteiger partial charge on any atom is 0.332 e. The number of benzene rings is 1. The third-order valence-electron chi connectivity index (χ3n) is 4.81. The zero-order valence-electron chi connectivity index (χ0n) is 13.7. The first-order valence-electron chi connectivity index (χ1n) is 8.45. The Morgan fingerprint density at radius 1 is 1.04 bits per heavy atom. The first-order chi connectivity index (χ1) is 12.1. The van der Waals surface area contributed by atoms with Gasteiger partial charge in [-0.3, -0.25) is 9.78 Å². The molecule has 25 heavy (non-hydrogen) atoms. The van der Waals surface area contributed by atoms with Gasteiger partial charge in [0.25, 0.3) is 5.91 Å². The standard InChI is InChI=1S/C19H18FN3O2/c20-15-7-5-13(6-8-15)11-22-12-18(24)23(19(22)25)17-10-21-9-14-3-1-2-4-16(14)17/h5-10H,1-4,11-12H2. The number of fused-ring (bicyclic) bond motifs is 1. The third kappa shape index (κ3) is 2.88. The van der Waals surface area contributed by atoms with Gasteiger partial charge in [-0.25, -0.2) is 14.1 Å². The van der Waals surface area contributed by atoms with Gasteiger partial charge in [-0.2, -0.15) is 0 Å². The lowest BCUT2D eigenvalue weighted by Crippen LogP contribution is -2.34. The lowest BCUT2D eigenvalue weighted by molar-refractivity contribution is -0.116. The zero-order chi connectivity index (χ0) is 17.4. The number of rotatable bonds is 3. The van der Waals surface area contributed by atoms with Crippen molar-refractivity contribution < 1.29 is 14.0 Å². The molecule has 1 aliphatic heterocycles. The van der Waals surface area contributed by atoms with Crippen molar-refractivity contribution in [2.45, 2.75) is 32.2 Å². The molecule has 3 amide bonds. The van der Waals surface area contributed by atoms with E-state index in [-0.39, 0.29) is 30.8 Å². The summed E-state index contributed by atoms with van der Waals surface area (Å²) < 4.78 is 13.0. The molecular weight excluding hydrogens is 321 g/mol. The second-order valence-corrected chi connectivity index (χ2v) is 6.50. The van der Waals surface area contributed by atoms with Crippen LogP contribution in [0.25, 0.3) is 0 Å². The van der Waals surface area contributed by atoms with Crippen molar-refractivity contribution in [3.63, 3.8) is 0 Å². The minimum Gasteiger partial charge on any atom is -0.310 e. The Bertz CT molecular complexity index is 835. The van der Waals surface area contributed by atoms with Crippen LogP contribution in [0.3, 0.4) is 0 Å². The second kappa shape index (κ2) is 6.27. The maximum absolute atomic E-state index is 13.0. The number of hydrogen-bond acceptors (Lipinski definition) is 3. The predicted molar refractivity (Wildman–Crippen MR) is 90.6 cm³/mol. The number of hydrogen-bond donors (Lipinski definition) is 0. The Balaban J connectivity index is 1.61. The molecule has 0 spiro atoms. The van der Waals surface area contributed by atoms with Crippen LogP contribution >= 0.6 is 0 Å². The number of urea groups is 1. The van der Waals surface area contributed by atoms with Gasteiger partial charge in [-0.15, -0.1) is 0 Å². The number of aromatic nitrogens is 1. The van der Waals surface area contributed by atoms with Crippen LogP contribution in [0.1, 0.15) is 29.5 Å². The third-order valence-corrected chi connectivity index (χ3v) is 4.81. The summed E-state index contributed by atoms with van der Waals surface area (Å²) in [5, 5.41) is 0. The fourth-order valence-electron chi connectivity index (χ4n) is 3.55. The van der Waals surface area contributed by atoms with Gasteiger partial charge in [0, 0.05) is 12.7 Å². The highest BCUT2D eigenvalue weighted by Gasteiger charge is 2.38. The first kappa shape index (κ1) is 15.7. The fraction of sp³-hybridized carbons (Fsp3) is 0.316. The highest BCUT2D eigenvalue weighted by atomic mass is 19.1. The molecular formula is C19H18FN3O2. The molecule has 0 bridgehead atoms. The summed E-state index contributed by atoms with van der Waals surface area (Å²) in [7, 11) is 0. The lowest BCUT2D eigenvalue weighted by Gasteiger charge is -2.23. The van der Waals surface area contributed by atoms with Crippen molar-refractivity contribution in [2.75, 3.05) is 11.4 Å². The second-order valence-electron chi connectivity index (χ2n) is 6.50. The van der Waals surface area contributed by atoms with E-state index in [4.69, 9.17) is 0 Å². The summed E-state index contributed by atoms with van der Waals surface area (Å²) in [4.78, 5) is 32.3. The molecule has 128 valence electrons. The van der Waals surface area contributed by atoms with Gasteiger partial charge in [0.2, 0.25) is 0 Å². The van der Waals surface area contributed by atoms with Gasteiger partial charge in [-0.05, 0) is 54.5 Å². The predicted octanol–water partition coefficient (Wildman–Crippen LogP) is 3.07. The monoisotopic (exact) mass is 339 g/mol. The SMILES string of the molecule is O=C1CN(Cc2ccc(F)cc2)C(=O)N1c1cncc2c1CCCC2. The average molecular weight is 339 g/mol.